The third kappa shape index (κ3) is 4.68. The van der Waals surface area contributed by atoms with Gasteiger partial charge in [-0.15, -0.1) is 21.5 Å². The number of aromatic nitrogens is 4. The minimum Gasteiger partial charge on any atom is -0.337 e. The van der Waals surface area contributed by atoms with Crippen LogP contribution in [-0.4, -0.2) is 48.4 Å². The molecule has 1 saturated heterocycles. The maximum Gasteiger partial charge on any atom is 0.233 e. The van der Waals surface area contributed by atoms with E-state index in [9.17, 15) is 4.79 Å². The highest BCUT2D eigenvalue weighted by atomic mass is 32.2. The lowest BCUT2D eigenvalue weighted by Crippen LogP contribution is -2.48. The van der Waals surface area contributed by atoms with Crippen molar-refractivity contribution in [2.24, 2.45) is 0 Å². The quantitative estimate of drug-likeness (QED) is 0.457. The molecule has 2 unspecified atom stereocenters. The largest absolute Gasteiger partial charge is 0.337 e. The summed E-state index contributed by atoms with van der Waals surface area (Å²) in [5.41, 5.74) is 1.04. The molecule has 1 aliphatic heterocycles. The number of amides is 1. The fourth-order valence-electron chi connectivity index (χ4n) is 4.00. The number of fused-ring (bicyclic) bond motifs is 1. The lowest BCUT2D eigenvalue weighted by atomic mass is 9.98. The summed E-state index contributed by atoms with van der Waals surface area (Å²) in [6, 6.07) is 8.85. The van der Waals surface area contributed by atoms with Gasteiger partial charge in [0, 0.05) is 18.6 Å². The van der Waals surface area contributed by atoms with Gasteiger partial charge in [0.25, 0.3) is 0 Å². The van der Waals surface area contributed by atoms with Crippen LogP contribution in [0.15, 0.2) is 33.8 Å². The highest BCUT2D eigenvalue weighted by molar-refractivity contribution is 8.00. The number of thiazole rings is 1. The summed E-state index contributed by atoms with van der Waals surface area (Å²) in [4.78, 5) is 19.6. The predicted octanol–water partition coefficient (Wildman–Crippen LogP) is 5.08. The summed E-state index contributed by atoms with van der Waals surface area (Å²) < 4.78 is 4.36. The van der Waals surface area contributed by atoms with E-state index in [1.165, 1.54) is 22.9 Å². The molecule has 6 nitrogen and oxygen atoms in total. The normalized spacial score (nSPS) is 19.5. The van der Waals surface area contributed by atoms with E-state index >= 15 is 0 Å². The average molecular weight is 462 g/mol. The summed E-state index contributed by atoms with van der Waals surface area (Å²) in [7, 11) is 0. The highest BCUT2D eigenvalue weighted by Crippen LogP contribution is 2.32. The van der Waals surface area contributed by atoms with E-state index in [0.29, 0.717) is 17.8 Å². The van der Waals surface area contributed by atoms with Crippen LogP contribution in [0.1, 0.15) is 45.9 Å². The summed E-state index contributed by atoms with van der Waals surface area (Å²) in [5, 5.41) is 9.59. The Balaban J connectivity index is 1.38. The second kappa shape index (κ2) is 9.70. The van der Waals surface area contributed by atoms with Crippen LogP contribution in [0.25, 0.3) is 10.2 Å². The Labute approximate surface area is 189 Å². The first-order chi connectivity index (χ1) is 14.6. The second-order valence-corrected chi connectivity index (χ2v) is 10.8. The van der Waals surface area contributed by atoms with Crippen molar-refractivity contribution in [1.29, 1.82) is 0 Å². The number of piperidine rings is 1. The molecule has 30 heavy (non-hydrogen) atoms. The zero-order valence-corrected chi connectivity index (χ0v) is 20.0. The number of para-hydroxylation sites is 1. The fraction of sp³-hybridized carbons (Fsp3) is 0.524. The zero-order valence-electron chi connectivity index (χ0n) is 17.6. The molecule has 0 saturated carbocycles. The van der Waals surface area contributed by atoms with Crippen LogP contribution in [-0.2, 0) is 17.1 Å². The van der Waals surface area contributed by atoms with Gasteiger partial charge in [-0.2, -0.15) is 0 Å². The average Bonchev–Trinajstić information content (AvgIpc) is 3.33. The number of hydrogen-bond donors (Lipinski definition) is 0. The summed E-state index contributed by atoms with van der Waals surface area (Å²) >= 11 is 4.90. The van der Waals surface area contributed by atoms with Crippen LogP contribution in [0.4, 0.5) is 0 Å². The Bertz CT molecular complexity index is 974. The molecule has 1 aliphatic rings. The highest BCUT2D eigenvalue weighted by Gasteiger charge is 2.29. The van der Waals surface area contributed by atoms with Crippen molar-refractivity contribution in [3.63, 3.8) is 0 Å². The molecule has 4 rings (SSSR count). The number of rotatable bonds is 7. The lowest BCUT2D eigenvalue weighted by Gasteiger charge is -2.39. The van der Waals surface area contributed by atoms with Gasteiger partial charge >= 0.3 is 0 Å². The number of likely N-dealkylation sites (tertiary alicyclic amines) is 1. The molecular weight excluding hydrogens is 434 g/mol. The maximum atomic E-state index is 12.8. The molecule has 0 bridgehead atoms. The molecule has 9 heteroatoms. The molecule has 1 amide bonds. The molecule has 1 fully saturated rings. The predicted molar refractivity (Wildman–Crippen MR) is 125 cm³/mol. The van der Waals surface area contributed by atoms with Gasteiger partial charge in [0.05, 0.1) is 21.7 Å². The summed E-state index contributed by atoms with van der Waals surface area (Å²) in [5.74, 6) is 2.26. The van der Waals surface area contributed by atoms with Gasteiger partial charge in [0.1, 0.15) is 5.82 Å². The van der Waals surface area contributed by atoms with Crippen LogP contribution in [0, 0.1) is 0 Å². The fourth-order valence-corrected chi connectivity index (χ4v) is 6.90. The van der Waals surface area contributed by atoms with Crippen molar-refractivity contribution in [3.05, 3.63) is 30.1 Å². The third-order valence-electron chi connectivity index (χ3n) is 5.51. The smallest absolute Gasteiger partial charge is 0.233 e. The summed E-state index contributed by atoms with van der Waals surface area (Å²) in [6.45, 7) is 7.19. The van der Waals surface area contributed by atoms with Crippen LogP contribution in [0.5, 0.6) is 0 Å². The topological polar surface area (TPSA) is 63.9 Å². The molecule has 2 atom stereocenters. The minimum atomic E-state index is 0.204. The molecule has 3 heterocycles. The van der Waals surface area contributed by atoms with Crippen LogP contribution in [0.3, 0.4) is 0 Å². The molecular formula is C21H27N5OS3. The van der Waals surface area contributed by atoms with E-state index in [1.54, 1.807) is 23.1 Å². The Hall–Kier alpha value is -1.58. The van der Waals surface area contributed by atoms with Gasteiger partial charge in [-0.05, 0) is 52.2 Å². The molecule has 160 valence electrons. The van der Waals surface area contributed by atoms with E-state index in [-0.39, 0.29) is 5.91 Å². The molecule has 0 radical (unpaired) electrons. The number of carbonyl (C=O) groups is 1. The number of benzene rings is 1. The van der Waals surface area contributed by atoms with Gasteiger partial charge in [-0.3, -0.25) is 4.79 Å². The standard InChI is InChI=1S/C21H27N5OS3/c1-4-25-18(12-29-21-22-16-10-5-6-11-17(16)30-21)23-24-20(25)28-13-19(27)26-14(2)8-7-9-15(26)3/h5-6,10-11,14-15H,4,7-9,12-13H2,1-3H3. The first-order valence-electron chi connectivity index (χ1n) is 10.4. The second-order valence-electron chi connectivity index (χ2n) is 7.60. The van der Waals surface area contributed by atoms with Gasteiger partial charge in [0.2, 0.25) is 5.91 Å². The number of carbonyl (C=O) groups excluding carboxylic acids is 1. The Morgan fingerprint density at radius 3 is 2.67 bits per heavy atom. The monoisotopic (exact) mass is 461 g/mol. The first kappa shape index (κ1) is 21.6. The van der Waals surface area contributed by atoms with Gasteiger partial charge in [-0.25, -0.2) is 4.98 Å². The van der Waals surface area contributed by atoms with E-state index in [2.05, 4.69) is 51.5 Å². The number of nitrogens with zero attached hydrogens (tertiary/aromatic N) is 5. The Morgan fingerprint density at radius 2 is 1.93 bits per heavy atom. The van der Waals surface area contributed by atoms with E-state index in [1.807, 2.05) is 18.2 Å². The van der Waals surface area contributed by atoms with Crippen molar-refractivity contribution in [3.8, 4) is 0 Å². The van der Waals surface area contributed by atoms with Crippen molar-refractivity contribution in [2.75, 3.05) is 5.75 Å². The van der Waals surface area contributed by atoms with Gasteiger partial charge < -0.3 is 9.47 Å². The molecule has 1 aromatic carbocycles. The Morgan fingerprint density at radius 1 is 1.17 bits per heavy atom. The zero-order chi connectivity index (χ0) is 21.1. The third-order valence-corrected chi connectivity index (χ3v) is 8.64. The van der Waals surface area contributed by atoms with E-state index in [4.69, 9.17) is 0 Å². The Kier molecular flexibility index (Phi) is 7.00. The van der Waals surface area contributed by atoms with Crippen LogP contribution < -0.4 is 0 Å². The summed E-state index contributed by atoms with van der Waals surface area (Å²) in [6.07, 6.45) is 3.40. The molecule has 0 spiro atoms. The van der Waals surface area contributed by atoms with Gasteiger partial charge in [-0.1, -0.05) is 35.7 Å². The van der Waals surface area contributed by atoms with Crippen molar-refractivity contribution in [2.45, 2.75) is 73.9 Å². The van der Waals surface area contributed by atoms with E-state index in [0.717, 1.165) is 46.0 Å². The SMILES string of the molecule is CCn1c(CSc2nc3ccccc3s2)nnc1SCC(=O)N1C(C)CCCC1C. The van der Waals surface area contributed by atoms with Crippen LogP contribution >= 0.6 is 34.9 Å². The molecule has 3 aromatic rings. The number of thioether (sulfide) groups is 2. The number of hydrogen-bond acceptors (Lipinski definition) is 7. The first-order valence-corrected chi connectivity index (χ1v) is 13.2. The molecule has 2 aromatic heterocycles. The lowest BCUT2D eigenvalue weighted by molar-refractivity contribution is -0.134. The van der Waals surface area contributed by atoms with Crippen molar-refractivity contribution < 1.29 is 4.79 Å². The van der Waals surface area contributed by atoms with E-state index < -0.39 is 0 Å². The van der Waals surface area contributed by atoms with Crippen molar-refractivity contribution >= 4 is 51.0 Å². The van der Waals surface area contributed by atoms with Crippen molar-refractivity contribution in [1.82, 2.24) is 24.6 Å². The molecule has 0 aliphatic carbocycles. The minimum absolute atomic E-state index is 0.204. The van der Waals surface area contributed by atoms with Crippen LogP contribution in [0.2, 0.25) is 0 Å². The maximum absolute atomic E-state index is 12.8. The molecule has 0 N–H and O–H groups in total. The van der Waals surface area contributed by atoms with Gasteiger partial charge in [0.15, 0.2) is 9.50 Å².